The molecule has 2 N–H and O–H groups in total. The van der Waals surface area contributed by atoms with E-state index in [1.807, 2.05) is 0 Å². The molecule has 1 aliphatic heterocycles. The number of rotatable bonds is 5. The van der Waals surface area contributed by atoms with E-state index in [0.717, 1.165) is 17.4 Å². The first-order valence-corrected chi connectivity index (χ1v) is 9.26. The summed E-state index contributed by atoms with van der Waals surface area (Å²) < 4.78 is 29.3. The molecule has 2 aromatic heterocycles. The molecule has 1 aliphatic rings. The van der Waals surface area contributed by atoms with Crippen molar-refractivity contribution < 1.29 is 8.42 Å². The van der Waals surface area contributed by atoms with Crippen molar-refractivity contribution in [2.75, 3.05) is 19.6 Å². The van der Waals surface area contributed by atoms with Crippen LogP contribution >= 0.6 is 11.3 Å². The molecule has 22 heavy (non-hydrogen) atoms. The van der Waals surface area contributed by atoms with Gasteiger partial charge < -0.3 is 4.98 Å². The first kappa shape index (κ1) is 15.4. The van der Waals surface area contributed by atoms with Crippen molar-refractivity contribution >= 4 is 31.8 Å². The standard InChI is InChI=1S/C12H16N4O4S2/c17-11-10-9(3-8-21-10)14-12(18)16(11)7-4-13-22(19,20)15-5-1-2-6-15/h3,8,13H,1-2,4-7H2,(H,14,18). The maximum absolute atomic E-state index is 12.2. The molecule has 0 aliphatic carbocycles. The molecule has 120 valence electrons. The highest BCUT2D eigenvalue weighted by atomic mass is 32.2. The minimum Gasteiger partial charge on any atom is -0.306 e. The molecule has 0 amide bonds. The molecule has 3 rings (SSSR count). The number of nitrogens with one attached hydrogen (secondary N) is 2. The molecule has 0 saturated carbocycles. The number of fused-ring (bicyclic) bond motifs is 1. The molecule has 3 heterocycles. The lowest BCUT2D eigenvalue weighted by Crippen LogP contribution is -2.43. The Morgan fingerprint density at radius 2 is 2.00 bits per heavy atom. The average Bonchev–Trinajstić information content (AvgIpc) is 3.12. The van der Waals surface area contributed by atoms with Crippen LogP contribution in [0.25, 0.3) is 10.2 Å². The highest BCUT2D eigenvalue weighted by molar-refractivity contribution is 7.87. The molecule has 0 unspecified atom stereocenters. The molecule has 0 aromatic carbocycles. The van der Waals surface area contributed by atoms with Crippen molar-refractivity contribution in [1.29, 1.82) is 0 Å². The van der Waals surface area contributed by atoms with Gasteiger partial charge in [0.25, 0.3) is 15.8 Å². The number of aromatic nitrogens is 2. The summed E-state index contributed by atoms with van der Waals surface area (Å²) in [5, 5.41) is 1.72. The fraction of sp³-hybridized carbons (Fsp3) is 0.500. The van der Waals surface area contributed by atoms with Crippen molar-refractivity contribution in [1.82, 2.24) is 18.6 Å². The van der Waals surface area contributed by atoms with E-state index in [2.05, 4.69) is 9.71 Å². The minimum atomic E-state index is -3.53. The van der Waals surface area contributed by atoms with Gasteiger partial charge >= 0.3 is 5.69 Å². The van der Waals surface area contributed by atoms with Crippen LogP contribution in [0.15, 0.2) is 21.0 Å². The molecule has 1 fully saturated rings. The van der Waals surface area contributed by atoms with Crippen LogP contribution in [0.2, 0.25) is 0 Å². The van der Waals surface area contributed by atoms with Crippen LogP contribution in [0.4, 0.5) is 0 Å². The van der Waals surface area contributed by atoms with Crippen LogP contribution in [-0.2, 0) is 16.8 Å². The lowest BCUT2D eigenvalue weighted by atomic mass is 10.4. The summed E-state index contributed by atoms with van der Waals surface area (Å²) in [6.45, 7) is 1.02. The normalized spacial score (nSPS) is 16.5. The maximum atomic E-state index is 12.2. The van der Waals surface area contributed by atoms with Crippen molar-refractivity contribution in [3.8, 4) is 0 Å². The van der Waals surface area contributed by atoms with Crippen LogP contribution in [0, 0.1) is 0 Å². The van der Waals surface area contributed by atoms with Gasteiger partial charge in [-0.3, -0.25) is 9.36 Å². The Morgan fingerprint density at radius 1 is 1.27 bits per heavy atom. The van der Waals surface area contributed by atoms with E-state index in [-0.39, 0.29) is 13.1 Å². The van der Waals surface area contributed by atoms with Crippen LogP contribution in [0.5, 0.6) is 0 Å². The lowest BCUT2D eigenvalue weighted by Gasteiger charge is -2.16. The van der Waals surface area contributed by atoms with E-state index in [1.165, 1.54) is 15.6 Å². The Hall–Kier alpha value is -1.49. The second-order valence-corrected chi connectivity index (χ2v) is 7.73. The summed E-state index contributed by atoms with van der Waals surface area (Å²) in [6, 6.07) is 1.67. The molecular weight excluding hydrogens is 328 g/mol. The predicted molar refractivity (Wildman–Crippen MR) is 84.4 cm³/mol. The maximum Gasteiger partial charge on any atom is 0.328 e. The summed E-state index contributed by atoms with van der Waals surface area (Å²) in [5.74, 6) is 0. The van der Waals surface area contributed by atoms with Gasteiger partial charge in [-0.1, -0.05) is 0 Å². The van der Waals surface area contributed by atoms with Gasteiger partial charge in [0.15, 0.2) is 0 Å². The topological polar surface area (TPSA) is 104 Å². The molecule has 10 heteroatoms. The first-order valence-electron chi connectivity index (χ1n) is 6.94. The highest BCUT2D eigenvalue weighted by Gasteiger charge is 2.24. The second-order valence-electron chi connectivity index (χ2n) is 5.06. The Kier molecular flexibility index (Phi) is 4.17. The fourth-order valence-corrected chi connectivity index (χ4v) is 4.55. The van der Waals surface area contributed by atoms with Gasteiger partial charge in [0.2, 0.25) is 0 Å². The Bertz CT molecular complexity index is 890. The van der Waals surface area contributed by atoms with Crippen molar-refractivity contribution in [2.45, 2.75) is 19.4 Å². The number of thiophene rings is 1. The van der Waals surface area contributed by atoms with Crippen molar-refractivity contribution in [3.05, 3.63) is 32.3 Å². The summed E-state index contributed by atoms with van der Waals surface area (Å²) >= 11 is 1.25. The van der Waals surface area contributed by atoms with Crippen LogP contribution in [-0.4, -0.2) is 41.9 Å². The molecule has 0 spiro atoms. The van der Waals surface area contributed by atoms with Crippen LogP contribution in [0.1, 0.15) is 12.8 Å². The Balaban J connectivity index is 1.74. The van der Waals surface area contributed by atoms with Gasteiger partial charge in [0.05, 0.1) is 5.52 Å². The Morgan fingerprint density at radius 3 is 2.73 bits per heavy atom. The average molecular weight is 344 g/mol. The van der Waals surface area contributed by atoms with Gasteiger partial charge in [0, 0.05) is 26.2 Å². The zero-order valence-electron chi connectivity index (χ0n) is 11.7. The third-order valence-corrected chi connectivity index (χ3v) is 6.13. The molecule has 2 aromatic rings. The van der Waals surface area contributed by atoms with Gasteiger partial charge in [-0.25, -0.2) is 9.52 Å². The smallest absolute Gasteiger partial charge is 0.306 e. The summed E-state index contributed by atoms with van der Waals surface area (Å²) in [6.07, 6.45) is 1.71. The molecular formula is C12H16N4O4S2. The predicted octanol–water partition coefficient (Wildman–Crippen LogP) is -0.318. The summed E-state index contributed by atoms with van der Waals surface area (Å²) in [5.41, 5.74) is -0.417. The fourth-order valence-electron chi connectivity index (χ4n) is 2.48. The second kappa shape index (κ2) is 5.95. The van der Waals surface area contributed by atoms with E-state index in [1.54, 1.807) is 11.4 Å². The van der Waals surface area contributed by atoms with Crippen LogP contribution < -0.4 is 16.0 Å². The number of hydrogen-bond acceptors (Lipinski definition) is 5. The quantitative estimate of drug-likeness (QED) is 0.776. The van der Waals surface area contributed by atoms with Crippen molar-refractivity contribution in [3.63, 3.8) is 0 Å². The van der Waals surface area contributed by atoms with E-state index >= 15 is 0 Å². The molecule has 0 radical (unpaired) electrons. The monoisotopic (exact) mass is 344 g/mol. The van der Waals surface area contributed by atoms with Gasteiger partial charge in [-0.05, 0) is 24.3 Å². The van der Waals surface area contributed by atoms with E-state index in [9.17, 15) is 18.0 Å². The third kappa shape index (κ3) is 2.86. The Labute approximate surface area is 130 Å². The number of nitrogens with zero attached hydrogens (tertiary/aromatic N) is 2. The molecule has 0 atom stereocenters. The highest BCUT2D eigenvalue weighted by Crippen LogP contribution is 2.12. The van der Waals surface area contributed by atoms with Gasteiger partial charge in [-0.2, -0.15) is 12.7 Å². The largest absolute Gasteiger partial charge is 0.328 e. The summed E-state index contributed by atoms with van der Waals surface area (Å²) in [7, 11) is -3.53. The molecule has 1 saturated heterocycles. The van der Waals surface area contributed by atoms with E-state index in [0.29, 0.717) is 23.3 Å². The zero-order chi connectivity index (χ0) is 15.7. The zero-order valence-corrected chi connectivity index (χ0v) is 13.4. The van der Waals surface area contributed by atoms with Gasteiger partial charge in [-0.15, -0.1) is 11.3 Å². The molecule has 0 bridgehead atoms. The van der Waals surface area contributed by atoms with Gasteiger partial charge in [0.1, 0.15) is 4.70 Å². The number of aromatic amines is 1. The van der Waals surface area contributed by atoms with E-state index < -0.39 is 21.5 Å². The molecule has 8 nitrogen and oxygen atoms in total. The third-order valence-electron chi connectivity index (χ3n) is 3.62. The minimum absolute atomic E-state index is 0.00129. The number of H-pyrrole nitrogens is 1. The number of hydrogen-bond donors (Lipinski definition) is 2. The van der Waals surface area contributed by atoms with Crippen LogP contribution in [0.3, 0.4) is 0 Å². The van der Waals surface area contributed by atoms with Crippen molar-refractivity contribution in [2.24, 2.45) is 0 Å². The van der Waals surface area contributed by atoms with E-state index in [4.69, 9.17) is 0 Å². The first-order chi connectivity index (χ1) is 10.5. The summed E-state index contributed by atoms with van der Waals surface area (Å²) in [4.78, 5) is 26.7. The lowest BCUT2D eigenvalue weighted by molar-refractivity contribution is 0.461. The SMILES string of the molecule is O=c1[nH]c2ccsc2c(=O)n1CCNS(=O)(=O)N1CCCC1.